The number of halogens is 2. The quantitative estimate of drug-likeness (QED) is 0.739. The van der Waals surface area contributed by atoms with Crippen LogP contribution in [0.5, 0.6) is 0 Å². The number of rotatable bonds is 7. The molecule has 0 radical (unpaired) electrons. The minimum Gasteiger partial charge on any atom is -0.316 e. The van der Waals surface area contributed by atoms with Crippen molar-refractivity contribution in [3.63, 3.8) is 0 Å². The Balaban J connectivity index is 2.54. The lowest BCUT2D eigenvalue weighted by atomic mass is 10.2. The maximum atomic E-state index is 13.0. The molecule has 0 saturated carbocycles. The molecule has 1 aromatic rings. The minimum absolute atomic E-state index is 0.511. The largest absolute Gasteiger partial charge is 0.316 e. The van der Waals surface area contributed by atoms with Gasteiger partial charge in [0.2, 0.25) is 0 Å². The molecule has 0 aliphatic carbocycles. The average molecular weight is 242 g/mol. The number of hydrogen-bond acceptors (Lipinski definition) is 2. The zero-order valence-electron chi connectivity index (χ0n) is 10.5. The van der Waals surface area contributed by atoms with Crippen LogP contribution in [-0.4, -0.2) is 31.1 Å². The van der Waals surface area contributed by atoms with Crippen LogP contribution >= 0.6 is 0 Å². The number of hydrogen-bond donors (Lipinski definition) is 1. The summed E-state index contributed by atoms with van der Waals surface area (Å²) in [5.41, 5.74) is 0.681. The Morgan fingerprint density at radius 3 is 2.29 bits per heavy atom. The fourth-order valence-corrected chi connectivity index (χ4v) is 1.72. The van der Waals surface area contributed by atoms with E-state index in [4.69, 9.17) is 0 Å². The summed E-state index contributed by atoms with van der Waals surface area (Å²) < 4.78 is 26.0. The van der Waals surface area contributed by atoms with E-state index in [0.29, 0.717) is 12.1 Å². The van der Waals surface area contributed by atoms with E-state index >= 15 is 0 Å². The molecule has 0 spiro atoms. The van der Waals surface area contributed by atoms with Crippen LogP contribution in [0.4, 0.5) is 8.78 Å². The molecule has 17 heavy (non-hydrogen) atoms. The highest BCUT2D eigenvalue weighted by molar-refractivity contribution is 5.17. The lowest BCUT2D eigenvalue weighted by molar-refractivity contribution is 0.279. The van der Waals surface area contributed by atoms with Crippen molar-refractivity contribution in [3.8, 4) is 0 Å². The van der Waals surface area contributed by atoms with Crippen molar-refractivity contribution in [2.75, 3.05) is 26.2 Å². The number of nitrogens with zero attached hydrogens (tertiary/aromatic N) is 1. The maximum absolute atomic E-state index is 13.0. The third-order valence-electron chi connectivity index (χ3n) is 2.63. The average Bonchev–Trinajstić information content (AvgIpc) is 2.26. The van der Waals surface area contributed by atoms with Crippen molar-refractivity contribution in [1.29, 1.82) is 0 Å². The highest BCUT2D eigenvalue weighted by atomic mass is 19.1. The topological polar surface area (TPSA) is 15.3 Å². The SMILES string of the molecule is CCNCCN(CC)Cc1cc(F)cc(F)c1. The van der Waals surface area contributed by atoms with Gasteiger partial charge in [-0.05, 0) is 30.8 Å². The number of benzene rings is 1. The van der Waals surface area contributed by atoms with Gasteiger partial charge in [0.05, 0.1) is 0 Å². The molecule has 1 N–H and O–H groups in total. The van der Waals surface area contributed by atoms with Gasteiger partial charge in [-0.25, -0.2) is 8.78 Å². The first-order valence-corrected chi connectivity index (χ1v) is 6.03. The molecule has 0 aliphatic rings. The first kappa shape index (κ1) is 14.1. The van der Waals surface area contributed by atoms with Gasteiger partial charge in [-0.2, -0.15) is 0 Å². The first-order valence-electron chi connectivity index (χ1n) is 6.03. The molecule has 2 nitrogen and oxygen atoms in total. The van der Waals surface area contributed by atoms with Crippen molar-refractivity contribution in [1.82, 2.24) is 10.2 Å². The highest BCUT2D eigenvalue weighted by Crippen LogP contribution is 2.10. The standard InChI is InChI=1S/C13H20F2N2/c1-3-16-5-6-17(4-2)10-11-7-12(14)9-13(15)8-11/h7-9,16H,3-6,10H2,1-2H3. The molecule has 0 fully saturated rings. The number of likely N-dealkylation sites (N-methyl/N-ethyl adjacent to an activating group) is 2. The van der Waals surface area contributed by atoms with E-state index in [-0.39, 0.29) is 0 Å². The van der Waals surface area contributed by atoms with Crippen LogP contribution in [0, 0.1) is 11.6 Å². The van der Waals surface area contributed by atoms with Gasteiger partial charge >= 0.3 is 0 Å². The summed E-state index contributed by atoms with van der Waals surface area (Å²) in [4.78, 5) is 2.15. The van der Waals surface area contributed by atoms with E-state index in [1.54, 1.807) is 0 Å². The normalized spacial score (nSPS) is 11.1. The molecule has 1 rings (SSSR count). The molecule has 4 heteroatoms. The molecule has 1 aromatic carbocycles. The lowest BCUT2D eigenvalue weighted by Gasteiger charge is -2.20. The molecule has 0 unspecified atom stereocenters. The van der Waals surface area contributed by atoms with Crippen LogP contribution in [0.15, 0.2) is 18.2 Å². The number of nitrogens with one attached hydrogen (secondary N) is 1. The Morgan fingerprint density at radius 2 is 1.76 bits per heavy atom. The van der Waals surface area contributed by atoms with Crippen molar-refractivity contribution in [3.05, 3.63) is 35.4 Å². The summed E-state index contributed by atoms with van der Waals surface area (Å²) in [6.07, 6.45) is 0. The predicted molar refractivity (Wildman–Crippen MR) is 65.9 cm³/mol. The first-order chi connectivity index (χ1) is 8.15. The Kier molecular flexibility index (Phi) is 6.08. The van der Waals surface area contributed by atoms with Crippen LogP contribution in [0.3, 0.4) is 0 Å². The third kappa shape index (κ3) is 5.24. The molecular weight excluding hydrogens is 222 g/mol. The highest BCUT2D eigenvalue weighted by Gasteiger charge is 2.06. The van der Waals surface area contributed by atoms with E-state index in [1.165, 1.54) is 12.1 Å². The van der Waals surface area contributed by atoms with Crippen molar-refractivity contribution < 1.29 is 8.78 Å². The lowest BCUT2D eigenvalue weighted by Crippen LogP contribution is -2.31. The van der Waals surface area contributed by atoms with Crippen LogP contribution in [0.1, 0.15) is 19.4 Å². The predicted octanol–water partition coefficient (Wildman–Crippen LogP) is 2.40. The van der Waals surface area contributed by atoms with Gasteiger partial charge in [0, 0.05) is 25.7 Å². The van der Waals surface area contributed by atoms with Gasteiger partial charge in [-0.15, -0.1) is 0 Å². The smallest absolute Gasteiger partial charge is 0.126 e. The Morgan fingerprint density at radius 1 is 1.12 bits per heavy atom. The molecule has 0 amide bonds. The zero-order valence-corrected chi connectivity index (χ0v) is 10.5. The summed E-state index contributed by atoms with van der Waals surface area (Å²) in [5, 5.41) is 3.23. The molecule has 0 bridgehead atoms. The second kappa shape index (κ2) is 7.35. The van der Waals surface area contributed by atoms with Gasteiger partial charge in [0.25, 0.3) is 0 Å². The van der Waals surface area contributed by atoms with E-state index in [1.807, 2.05) is 6.92 Å². The molecule has 0 heterocycles. The second-order valence-electron chi connectivity index (χ2n) is 4.00. The molecule has 0 aromatic heterocycles. The van der Waals surface area contributed by atoms with Gasteiger partial charge in [-0.3, -0.25) is 4.90 Å². The summed E-state index contributed by atoms with van der Waals surface area (Å²) in [6, 6.07) is 3.68. The Hall–Kier alpha value is -1.00. The molecular formula is C13H20F2N2. The fraction of sp³-hybridized carbons (Fsp3) is 0.538. The fourth-order valence-electron chi connectivity index (χ4n) is 1.72. The van der Waals surface area contributed by atoms with Crippen molar-refractivity contribution in [2.24, 2.45) is 0 Å². The van der Waals surface area contributed by atoms with E-state index in [0.717, 1.165) is 32.2 Å². The maximum Gasteiger partial charge on any atom is 0.126 e. The third-order valence-corrected chi connectivity index (χ3v) is 2.63. The van der Waals surface area contributed by atoms with Crippen molar-refractivity contribution >= 4 is 0 Å². The summed E-state index contributed by atoms with van der Waals surface area (Å²) in [7, 11) is 0. The summed E-state index contributed by atoms with van der Waals surface area (Å²) >= 11 is 0. The van der Waals surface area contributed by atoms with Gasteiger partial charge in [0.15, 0.2) is 0 Å². The van der Waals surface area contributed by atoms with Crippen molar-refractivity contribution in [2.45, 2.75) is 20.4 Å². The van der Waals surface area contributed by atoms with Crippen LogP contribution in [-0.2, 0) is 6.54 Å². The summed E-state index contributed by atoms with van der Waals surface area (Å²) in [5.74, 6) is -1.02. The van der Waals surface area contributed by atoms with Gasteiger partial charge in [-0.1, -0.05) is 13.8 Å². The molecule has 96 valence electrons. The van der Waals surface area contributed by atoms with E-state index in [2.05, 4.69) is 17.1 Å². The molecule has 0 saturated heterocycles. The Labute approximate surface area is 102 Å². The Bertz CT molecular complexity index is 322. The van der Waals surface area contributed by atoms with Gasteiger partial charge < -0.3 is 5.32 Å². The second-order valence-corrected chi connectivity index (χ2v) is 4.00. The van der Waals surface area contributed by atoms with Crippen LogP contribution < -0.4 is 5.32 Å². The van der Waals surface area contributed by atoms with Gasteiger partial charge in [0.1, 0.15) is 11.6 Å². The molecule has 0 atom stereocenters. The summed E-state index contributed by atoms with van der Waals surface area (Å²) in [6.45, 7) is 8.25. The van der Waals surface area contributed by atoms with Crippen LogP contribution in [0.2, 0.25) is 0 Å². The minimum atomic E-state index is -0.511. The zero-order chi connectivity index (χ0) is 12.7. The van der Waals surface area contributed by atoms with E-state index < -0.39 is 11.6 Å². The monoisotopic (exact) mass is 242 g/mol. The van der Waals surface area contributed by atoms with E-state index in [9.17, 15) is 8.78 Å². The molecule has 0 aliphatic heterocycles. The van der Waals surface area contributed by atoms with Crippen LogP contribution in [0.25, 0.3) is 0 Å².